The van der Waals surface area contributed by atoms with E-state index in [4.69, 9.17) is 9.68 Å². The third-order valence-corrected chi connectivity index (χ3v) is 3.72. The van der Waals surface area contributed by atoms with Crippen LogP contribution in [-0.2, 0) is 19.3 Å². The van der Waals surface area contributed by atoms with Crippen LogP contribution < -0.4 is 11.0 Å². The van der Waals surface area contributed by atoms with E-state index in [0.717, 1.165) is 12.8 Å². The van der Waals surface area contributed by atoms with Crippen molar-refractivity contribution in [3.05, 3.63) is 0 Å². The largest absolute Gasteiger partial charge is 0.471 e. The zero-order chi connectivity index (χ0) is 18.9. The molecule has 1 heterocycles. The quantitative estimate of drug-likeness (QED) is 0.478. The number of rotatable bonds is 9. The van der Waals surface area contributed by atoms with Gasteiger partial charge in [-0.05, 0) is 25.7 Å². The summed E-state index contributed by atoms with van der Waals surface area (Å²) in [7, 11) is 0. The summed E-state index contributed by atoms with van der Waals surface area (Å²) in [6, 6.07) is -1.69. The fraction of sp³-hybridized carbons (Fsp3) is 0.867. The summed E-state index contributed by atoms with van der Waals surface area (Å²) in [4.78, 5) is 34.4. The molecular formula is C15H26F3N3O4. The maximum absolute atomic E-state index is 12.9. The smallest absolute Gasteiger partial charge is 0.321 e. The maximum Gasteiger partial charge on any atom is 0.471 e. The molecule has 2 amide bonds. The monoisotopic (exact) mass is 369 g/mol. The van der Waals surface area contributed by atoms with Gasteiger partial charge in [-0.1, -0.05) is 20.3 Å². The fourth-order valence-electron chi connectivity index (χ4n) is 2.41. The van der Waals surface area contributed by atoms with Crippen LogP contribution >= 0.6 is 0 Å². The molecule has 0 spiro atoms. The number of nitrogens with zero attached hydrogens (tertiary/aromatic N) is 1. The van der Waals surface area contributed by atoms with E-state index in [1.165, 1.54) is 0 Å². The zero-order valence-corrected chi connectivity index (χ0v) is 14.5. The molecule has 0 bridgehead atoms. The Balaban J connectivity index is 2.70. The van der Waals surface area contributed by atoms with Gasteiger partial charge >= 0.3 is 12.1 Å². The van der Waals surface area contributed by atoms with Gasteiger partial charge in [0, 0.05) is 12.6 Å². The van der Waals surface area contributed by atoms with Crippen molar-refractivity contribution in [3.8, 4) is 0 Å². The van der Waals surface area contributed by atoms with Gasteiger partial charge < -0.3 is 9.74 Å². The summed E-state index contributed by atoms with van der Waals surface area (Å²) in [6.07, 6.45) is -2.20. The third-order valence-electron chi connectivity index (χ3n) is 3.72. The molecule has 146 valence electrons. The number of likely N-dealkylation sites (tertiary alicyclic amines) is 1. The molecule has 0 aromatic heterocycles. The van der Waals surface area contributed by atoms with E-state index in [1.807, 2.05) is 13.8 Å². The Morgan fingerprint density at radius 2 is 1.84 bits per heavy atom. The van der Waals surface area contributed by atoms with Crippen molar-refractivity contribution in [2.45, 2.75) is 64.2 Å². The molecule has 1 aliphatic heterocycles. The molecule has 1 aliphatic rings. The van der Waals surface area contributed by atoms with Crippen molar-refractivity contribution in [1.29, 1.82) is 0 Å². The lowest BCUT2D eigenvalue weighted by Crippen LogP contribution is -2.60. The highest BCUT2D eigenvalue weighted by Crippen LogP contribution is 2.25. The lowest BCUT2D eigenvalue weighted by atomic mass is 9.98. The number of unbranched alkanes of at least 4 members (excludes halogenated alkanes) is 1. The number of halogens is 3. The van der Waals surface area contributed by atoms with E-state index in [-0.39, 0.29) is 19.6 Å². The van der Waals surface area contributed by atoms with Crippen LogP contribution in [0.25, 0.3) is 0 Å². The van der Waals surface area contributed by atoms with Crippen molar-refractivity contribution < 1.29 is 32.4 Å². The molecule has 10 heteroatoms. The average molecular weight is 369 g/mol. The van der Waals surface area contributed by atoms with Gasteiger partial charge in [-0.3, -0.25) is 14.4 Å². The van der Waals surface area contributed by atoms with Crippen LogP contribution in [-0.4, -0.2) is 54.7 Å². The first-order valence-electron chi connectivity index (χ1n) is 8.48. The average Bonchev–Trinajstić information content (AvgIpc) is 2.57. The van der Waals surface area contributed by atoms with Gasteiger partial charge in [-0.2, -0.15) is 18.7 Å². The normalized spacial score (nSPS) is 21.2. The van der Waals surface area contributed by atoms with E-state index in [2.05, 4.69) is 11.0 Å². The van der Waals surface area contributed by atoms with E-state index in [0.29, 0.717) is 24.3 Å². The highest BCUT2D eigenvalue weighted by atomic mass is 19.4. The lowest BCUT2D eigenvalue weighted by molar-refractivity contribution is -0.192. The second-order valence-electron chi connectivity index (χ2n) is 5.88. The number of carbonyl (C=O) groups is 2. The predicted octanol–water partition coefficient (Wildman–Crippen LogP) is 1.69. The van der Waals surface area contributed by atoms with E-state index in [1.54, 1.807) is 0 Å². The van der Waals surface area contributed by atoms with Gasteiger partial charge in [-0.25, -0.2) is 5.48 Å². The first kappa shape index (κ1) is 21.7. The molecule has 7 nitrogen and oxygen atoms in total. The van der Waals surface area contributed by atoms with Gasteiger partial charge in [0.05, 0.1) is 13.2 Å². The Labute approximate surface area is 145 Å². The Hall–Kier alpha value is -1.39. The second kappa shape index (κ2) is 10.6. The SMILES string of the molecule is CCCCON[C@@H]1CC[C@@H](C(=O)NOCCC)N(C(=O)C(F)(F)F)C1. The summed E-state index contributed by atoms with van der Waals surface area (Å²) >= 11 is 0. The molecular weight excluding hydrogens is 343 g/mol. The second-order valence-corrected chi connectivity index (χ2v) is 5.88. The van der Waals surface area contributed by atoms with Crippen molar-refractivity contribution in [3.63, 3.8) is 0 Å². The topological polar surface area (TPSA) is 79.9 Å². The van der Waals surface area contributed by atoms with Crippen LogP contribution in [0.4, 0.5) is 13.2 Å². The molecule has 0 saturated carbocycles. The minimum atomic E-state index is -5.05. The molecule has 0 aromatic carbocycles. The number of piperidine rings is 1. The lowest BCUT2D eigenvalue weighted by Gasteiger charge is -2.38. The van der Waals surface area contributed by atoms with Crippen molar-refractivity contribution in [2.75, 3.05) is 19.8 Å². The third kappa shape index (κ3) is 7.17. The number of hydroxylamine groups is 2. The van der Waals surface area contributed by atoms with E-state index in [9.17, 15) is 22.8 Å². The van der Waals surface area contributed by atoms with Gasteiger partial charge in [0.2, 0.25) is 0 Å². The summed E-state index contributed by atoms with van der Waals surface area (Å²) in [5.74, 6) is -2.79. The van der Waals surface area contributed by atoms with Gasteiger partial charge in [-0.15, -0.1) is 0 Å². The van der Waals surface area contributed by atoms with Gasteiger partial charge in [0.1, 0.15) is 6.04 Å². The van der Waals surface area contributed by atoms with E-state index < -0.39 is 30.1 Å². The predicted molar refractivity (Wildman–Crippen MR) is 83.0 cm³/mol. The molecule has 2 atom stereocenters. The summed E-state index contributed by atoms with van der Waals surface area (Å²) in [5.41, 5.74) is 4.79. The number of amides is 2. The molecule has 1 saturated heterocycles. The molecule has 25 heavy (non-hydrogen) atoms. The van der Waals surface area contributed by atoms with Crippen molar-refractivity contribution in [2.24, 2.45) is 0 Å². The Bertz CT molecular complexity index is 435. The molecule has 2 N–H and O–H groups in total. The standard InChI is InChI=1S/C15H26F3N3O4/c1-3-5-9-25-19-11-6-7-12(13(22)20-24-8-4-2)21(10-11)14(23)15(16,17)18/h11-12,19H,3-10H2,1-2H3,(H,20,22)/t11-,12+/m1/s1. The Morgan fingerprint density at radius 1 is 1.12 bits per heavy atom. The number of hydrogen-bond acceptors (Lipinski definition) is 5. The van der Waals surface area contributed by atoms with Crippen LogP contribution in [0.5, 0.6) is 0 Å². The molecule has 0 unspecified atom stereocenters. The summed E-state index contributed by atoms with van der Waals surface area (Å²) in [6.45, 7) is 4.20. The van der Waals surface area contributed by atoms with Crippen LogP contribution in [0.3, 0.4) is 0 Å². The minimum absolute atomic E-state index is 0.0813. The first-order valence-corrected chi connectivity index (χ1v) is 8.48. The van der Waals surface area contributed by atoms with Gasteiger partial charge in [0.25, 0.3) is 5.91 Å². The summed E-state index contributed by atoms with van der Waals surface area (Å²) < 4.78 is 38.6. The fourth-order valence-corrected chi connectivity index (χ4v) is 2.41. The molecule has 1 fully saturated rings. The zero-order valence-electron chi connectivity index (χ0n) is 14.5. The molecule has 0 aromatic rings. The maximum atomic E-state index is 12.9. The molecule has 0 aliphatic carbocycles. The Kier molecular flexibility index (Phi) is 9.15. The minimum Gasteiger partial charge on any atom is -0.321 e. The molecule has 0 radical (unpaired) electrons. The molecule has 1 rings (SSSR count). The number of nitrogens with one attached hydrogen (secondary N) is 2. The van der Waals surface area contributed by atoms with Crippen molar-refractivity contribution in [1.82, 2.24) is 15.9 Å². The van der Waals surface area contributed by atoms with Crippen molar-refractivity contribution >= 4 is 11.8 Å². The van der Waals surface area contributed by atoms with E-state index >= 15 is 0 Å². The van der Waals surface area contributed by atoms with Crippen LogP contribution in [0, 0.1) is 0 Å². The highest BCUT2D eigenvalue weighted by molar-refractivity contribution is 5.89. The summed E-state index contributed by atoms with van der Waals surface area (Å²) in [5, 5.41) is 0. The first-order chi connectivity index (χ1) is 11.8. The van der Waals surface area contributed by atoms with Crippen LogP contribution in [0.1, 0.15) is 46.0 Å². The van der Waals surface area contributed by atoms with Crippen LogP contribution in [0.15, 0.2) is 0 Å². The van der Waals surface area contributed by atoms with Gasteiger partial charge in [0.15, 0.2) is 0 Å². The van der Waals surface area contributed by atoms with Crippen LogP contribution in [0.2, 0.25) is 0 Å². The number of hydrogen-bond donors (Lipinski definition) is 2. The number of alkyl halides is 3. The number of carbonyl (C=O) groups excluding carboxylic acids is 2. The Morgan fingerprint density at radius 3 is 2.44 bits per heavy atom. The highest BCUT2D eigenvalue weighted by Gasteiger charge is 2.48.